The molecular formula is C39H30Cl2N2O6. The normalized spacial score (nSPS) is 27.5. The van der Waals surface area contributed by atoms with E-state index < -0.39 is 46.8 Å². The topological polar surface area (TPSA) is 104 Å². The summed E-state index contributed by atoms with van der Waals surface area (Å²) in [4.78, 5) is 60.9. The minimum atomic E-state index is -1.48. The first-order chi connectivity index (χ1) is 23.7. The Morgan fingerprint density at radius 1 is 0.776 bits per heavy atom. The van der Waals surface area contributed by atoms with Crippen LogP contribution in [0.25, 0.3) is 0 Å². The molecule has 0 spiro atoms. The van der Waals surface area contributed by atoms with Crippen LogP contribution < -0.4 is 14.5 Å². The molecule has 8 rings (SSSR count). The van der Waals surface area contributed by atoms with Crippen LogP contribution in [-0.2, 0) is 24.6 Å². The number of fused-ring (bicyclic) bond motifs is 4. The van der Waals surface area contributed by atoms with Crippen LogP contribution in [0.1, 0.15) is 29.9 Å². The minimum absolute atomic E-state index is 0.0105. The maximum atomic E-state index is 15.3. The lowest BCUT2D eigenvalue weighted by molar-refractivity contribution is -0.127. The minimum Gasteiger partial charge on any atom is -0.503 e. The predicted octanol–water partition coefficient (Wildman–Crippen LogP) is 7.07. The second kappa shape index (κ2) is 11.6. The Labute approximate surface area is 292 Å². The van der Waals surface area contributed by atoms with Crippen molar-refractivity contribution in [2.45, 2.75) is 24.2 Å². The first-order valence-electron chi connectivity index (χ1n) is 16.1. The molecule has 0 bridgehead atoms. The summed E-state index contributed by atoms with van der Waals surface area (Å²) in [6.45, 7) is 0. The summed E-state index contributed by atoms with van der Waals surface area (Å²) in [5.74, 6) is -5.30. The van der Waals surface area contributed by atoms with Crippen molar-refractivity contribution in [1.29, 1.82) is 0 Å². The largest absolute Gasteiger partial charge is 0.503 e. The number of nitrogens with zero attached hydrogens (tertiary/aromatic N) is 2. The zero-order valence-corrected chi connectivity index (χ0v) is 27.8. The second-order valence-corrected chi connectivity index (χ2v) is 13.8. The Balaban J connectivity index is 1.38. The Kier molecular flexibility index (Phi) is 7.42. The van der Waals surface area contributed by atoms with Crippen molar-refractivity contribution < 1.29 is 29.0 Å². The highest BCUT2D eigenvalue weighted by Crippen LogP contribution is 2.65. The highest BCUT2D eigenvalue weighted by molar-refractivity contribution is 6.33. The molecule has 246 valence electrons. The van der Waals surface area contributed by atoms with Gasteiger partial charge in [-0.25, -0.2) is 4.90 Å². The number of carbonyl (C=O) groups excluding carboxylic acids is 4. The van der Waals surface area contributed by atoms with E-state index in [2.05, 4.69) is 0 Å². The van der Waals surface area contributed by atoms with Crippen molar-refractivity contribution in [3.63, 3.8) is 0 Å². The van der Waals surface area contributed by atoms with E-state index in [4.69, 9.17) is 27.9 Å². The number of ether oxygens (including phenoxy) is 1. The van der Waals surface area contributed by atoms with Crippen LogP contribution in [0.15, 0.2) is 109 Å². The third-order valence-electron chi connectivity index (χ3n) is 10.8. The lowest BCUT2D eigenvalue weighted by atomic mass is 9.49. The van der Waals surface area contributed by atoms with Crippen LogP contribution in [0, 0.1) is 23.7 Å². The molecule has 4 aromatic rings. The van der Waals surface area contributed by atoms with Crippen molar-refractivity contribution in [2.24, 2.45) is 23.7 Å². The average Bonchev–Trinajstić information content (AvgIpc) is 3.50. The number of aromatic hydroxyl groups is 1. The lowest BCUT2D eigenvalue weighted by Crippen LogP contribution is -2.53. The number of halogens is 2. The number of hydrogen-bond acceptors (Lipinski definition) is 6. The van der Waals surface area contributed by atoms with E-state index in [1.165, 1.54) is 16.9 Å². The second-order valence-electron chi connectivity index (χ2n) is 13.0. The van der Waals surface area contributed by atoms with Gasteiger partial charge in [0.05, 0.1) is 46.7 Å². The highest BCUT2D eigenvalue weighted by Gasteiger charge is 2.70. The fraction of sp³-hybridized carbons (Fsp3) is 0.231. The van der Waals surface area contributed by atoms with Gasteiger partial charge >= 0.3 is 0 Å². The van der Waals surface area contributed by atoms with Crippen LogP contribution >= 0.6 is 23.2 Å². The van der Waals surface area contributed by atoms with Crippen molar-refractivity contribution in [3.8, 4) is 11.5 Å². The van der Waals surface area contributed by atoms with E-state index >= 15 is 4.79 Å². The number of para-hydroxylation sites is 1. The summed E-state index contributed by atoms with van der Waals surface area (Å²) in [6, 6.07) is 27.9. The first-order valence-corrected chi connectivity index (χ1v) is 16.8. The van der Waals surface area contributed by atoms with Gasteiger partial charge in [0.1, 0.15) is 0 Å². The molecule has 4 aliphatic rings. The number of benzene rings is 4. The summed E-state index contributed by atoms with van der Waals surface area (Å²) in [7, 11) is 1.41. The summed E-state index contributed by atoms with van der Waals surface area (Å²) < 4.78 is 5.52. The zero-order chi connectivity index (χ0) is 34.2. The molecule has 2 aliphatic heterocycles. The molecule has 1 saturated carbocycles. The van der Waals surface area contributed by atoms with Gasteiger partial charge in [-0.3, -0.25) is 24.1 Å². The number of phenols is 1. The standard InChI is InChI=1S/C39H30Cl2N2O6/c1-49-31-18-21(17-30(41)34(31)44)33-26-15-16-27-32(37(47)42(35(27)45)24-12-6-3-7-13-24)28(26)20-29-36(46)43(25-14-8-11-23(40)19-25)38(48)39(29,33)22-9-4-2-5-10-22/h2-15,17-19,27-29,32-33,44H,16,20H2,1H3/t27-,28+,29-,32-,33-,39+/m0/s1. The number of allylic oxidation sites excluding steroid dienone is 2. The first kappa shape index (κ1) is 31.4. The molecule has 49 heavy (non-hydrogen) atoms. The van der Waals surface area contributed by atoms with Gasteiger partial charge < -0.3 is 9.84 Å². The monoisotopic (exact) mass is 692 g/mol. The van der Waals surface area contributed by atoms with Crippen LogP contribution in [0.2, 0.25) is 10.0 Å². The van der Waals surface area contributed by atoms with Crippen LogP contribution in [0.3, 0.4) is 0 Å². The number of phenolic OH excluding ortho intramolecular Hbond substituents is 1. The summed E-state index contributed by atoms with van der Waals surface area (Å²) in [6.07, 6.45) is 2.41. The maximum absolute atomic E-state index is 15.3. The molecule has 0 aromatic heterocycles. The van der Waals surface area contributed by atoms with Crippen LogP contribution in [0.4, 0.5) is 11.4 Å². The number of carbonyl (C=O) groups is 4. The Morgan fingerprint density at radius 2 is 1.47 bits per heavy atom. The van der Waals surface area contributed by atoms with Gasteiger partial charge in [0.25, 0.3) is 0 Å². The molecule has 6 atom stereocenters. The SMILES string of the molecule is COc1cc([C@H]2C3=CC[C@@H]4C(=O)N(c5ccccc5)C(=O)[C@@H]4[C@@H]3C[C@H]3C(=O)N(c4cccc(Cl)c4)C(=O)[C@@]23c2ccccc2)cc(Cl)c1O. The molecule has 2 saturated heterocycles. The highest BCUT2D eigenvalue weighted by atomic mass is 35.5. The molecule has 2 aliphatic carbocycles. The van der Waals surface area contributed by atoms with Crippen molar-refractivity contribution >= 4 is 58.2 Å². The van der Waals surface area contributed by atoms with Crippen molar-refractivity contribution in [3.05, 3.63) is 130 Å². The Hall–Kier alpha value is -4.92. The molecule has 0 unspecified atom stereocenters. The average molecular weight is 694 g/mol. The third-order valence-corrected chi connectivity index (χ3v) is 11.3. The molecular weight excluding hydrogens is 663 g/mol. The number of imide groups is 2. The molecule has 4 aromatic carbocycles. The number of hydrogen-bond donors (Lipinski definition) is 1. The predicted molar refractivity (Wildman–Crippen MR) is 185 cm³/mol. The Morgan fingerprint density at radius 3 is 2.16 bits per heavy atom. The fourth-order valence-electron chi connectivity index (χ4n) is 8.87. The third kappa shape index (κ3) is 4.43. The fourth-order valence-corrected chi connectivity index (χ4v) is 9.27. The van der Waals surface area contributed by atoms with E-state index in [1.807, 2.05) is 42.5 Å². The van der Waals surface area contributed by atoms with Gasteiger partial charge in [-0.15, -0.1) is 0 Å². The molecule has 1 N–H and O–H groups in total. The van der Waals surface area contributed by atoms with Crippen molar-refractivity contribution in [2.75, 3.05) is 16.9 Å². The number of amides is 4. The van der Waals surface area contributed by atoms with Crippen LogP contribution in [0.5, 0.6) is 11.5 Å². The molecule has 3 fully saturated rings. The summed E-state index contributed by atoms with van der Waals surface area (Å²) in [5.41, 5.74) is 1.28. The summed E-state index contributed by atoms with van der Waals surface area (Å²) in [5, 5.41) is 11.1. The molecule has 10 heteroatoms. The lowest BCUT2D eigenvalue weighted by Gasteiger charge is -2.50. The van der Waals surface area contributed by atoms with Crippen molar-refractivity contribution in [1.82, 2.24) is 0 Å². The Bertz CT molecular complexity index is 2090. The molecule has 0 radical (unpaired) electrons. The van der Waals surface area contributed by atoms with E-state index in [0.717, 1.165) is 5.57 Å². The van der Waals surface area contributed by atoms with Gasteiger partial charge in [0, 0.05) is 10.9 Å². The molecule has 4 amide bonds. The van der Waals surface area contributed by atoms with Gasteiger partial charge in [-0.2, -0.15) is 0 Å². The molecule has 2 heterocycles. The number of methoxy groups -OCH3 is 1. The smallest absolute Gasteiger partial charge is 0.246 e. The van der Waals surface area contributed by atoms with Crippen LogP contribution in [-0.4, -0.2) is 35.8 Å². The van der Waals surface area contributed by atoms with Gasteiger partial charge in [0.2, 0.25) is 23.6 Å². The maximum Gasteiger partial charge on any atom is 0.246 e. The van der Waals surface area contributed by atoms with Gasteiger partial charge in [-0.05, 0) is 72.4 Å². The number of rotatable bonds is 5. The van der Waals surface area contributed by atoms with E-state index in [1.54, 1.807) is 60.7 Å². The van der Waals surface area contributed by atoms with Gasteiger partial charge in [-0.1, -0.05) is 89.4 Å². The summed E-state index contributed by atoms with van der Waals surface area (Å²) >= 11 is 13.0. The quantitative estimate of drug-likeness (QED) is 0.177. The van der Waals surface area contributed by atoms with Gasteiger partial charge in [0.15, 0.2) is 11.5 Å². The zero-order valence-electron chi connectivity index (χ0n) is 26.3. The number of anilines is 2. The molecule has 8 nitrogen and oxygen atoms in total. The van der Waals surface area contributed by atoms with E-state index in [-0.39, 0.29) is 41.2 Å². The van der Waals surface area contributed by atoms with E-state index in [0.29, 0.717) is 27.5 Å². The van der Waals surface area contributed by atoms with E-state index in [9.17, 15) is 19.5 Å².